The van der Waals surface area contributed by atoms with Crippen LogP contribution >= 0.6 is 0 Å². The molecule has 0 unspecified atom stereocenters. The van der Waals surface area contributed by atoms with Gasteiger partial charge in [-0.15, -0.1) is 0 Å². The van der Waals surface area contributed by atoms with Crippen molar-refractivity contribution in [1.82, 2.24) is 0 Å². The molecule has 0 heterocycles. The van der Waals surface area contributed by atoms with E-state index < -0.39 is 6.10 Å². The molecule has 0 amide bonds. The Hall–Kier alpha value is -1.59. The highest BCUT2D eigenvalue weighted by atomic mass is 16.6. The van der Waals surface area contributed by atoms with E-state index in [1.807, 2.05) is 0 Å². The van der Waals surface area contributed by atoms with E-state index in [4.69, 9.17) is 14.2 Å². The van der Waals surface area contributed by atoms with Gasteiger partial charge in [0.2, 0.25) is 0 Å². The number of hydrogen-bond acceptors (Lipinski definition) is 6. The Kier molecular flexibility index (Phi) is 53.5. The topological polar surface area (TPSA) is 78.9 Å². The zero-order valence-corrected chi connectivity index (χ0v) is 46.7. The lowest BCUT2D eigenvalue weighted by Crippen LogP contribution is -2.30. The summed E-state index contributed by atoms with van der Waals surface area (Å²) in [7, 11) is 0. The van der Waals surface area contributed by atoms with Crippen molar-refractivity contribution in [3.63, 3.8) is 0 Å². The number of carbonyl (C=O) groups is 3. The molecule has 0 aromatic rings. The second-order valence-electron chi connectivity index (χ2n) is 22.3. The highest BCUT2D eigenvalue weighted by molar-refractivity contribution is 5.71. The van der Waals surface area contributed by atoms with E-state index in [1.165, 1.54) is 238 Å². The van der Waals surface area contributed by atoms with Crippen LogP contribution in [-0.2, 0) is 28.6 Å². The minimum atomic E-state index is -0.763. The van der Waals surface area contributed by atoms with Crippen molar-refractivity contribution < 1.29 is 28.6 Å². The summed E-state index contributed by atoms with van der Waals surface area (Å²) in [5.41, 5.74) is 0. The Balaban J connectivity index is 4.29. The summed E-state index contributed by atoms with van der Waals surface area (Å²) < 4.78 is 16.9. The Labute approximate surface area is 425 Å². The highest BCUT2D eigenvalue weighted by Gasteiger charge is 2.19. The van der Waals surface area contributed by atoms with E-state index >= 15 is 0 Å². The molecule has 404 valence electrons. The van der Waals surface area contributed by atoms with E-state index in [0.717, 1.165) is 69.6 Å². The summed E-state index contributed by atoms with van der Waals surface area (Å²) in [6, 6.07) is 0. The van der Waals surface area contributed by atoms with E-state index in [1.54, 1.807) is 0 Å². The molecule has 0 saturated carbocycles. The second-order valence-corrected chi connectivity index (χ2v) is 22.3. The number of ether oxygens (including phenoxy) is 3. The van der Waals surface area contributed by atoms with Gasteiger partial charge < -0.3 is 14.2 Å². The van der Waals surface area contributed by atoms with Crippen LogP contribution in [0.4, 0.5) is 0 Å². The standard InChI is InChI=1S/C62H120O6/c1-6-7-8-9-10-11-12-13-14-15-16-22-27-32-37-42-47-52-60(63)66-55-59(68-62(65)54-49-44-39-34-29-24-19-21-26-31-36-41-46-51-58(4)5)56-67-61(64)53-48-43-38-33-28-23-18-17-20-25-30-35-40-45-50-57(2)3/h57-59H,6-56H2,1-5H3/t59-/m0/s1. The summed E-state index contributed by atoms with van der Waals surface area (Å²) in [5, 5.41) is 0. The molecule has 6 nitrogen and oxygen atoms in total. The minimum Gasteiger partial charge on any atom is -0.462 e. The van der Waals surface area contributed by atoms with Crippen molar-refractivity contribution >= 4 is 17.9 Å². The van der Waals surface area contributed by atoms with Gasteiger partial charge in [-0.1, -0.05) is 311 Å². The normalized spacial score (nSPS) is 12.0. The first kappa shape index (κ1) is 66.4. The van der Waals surface area contributed by atoms with Crippen LogP contribution in [0, 0.1) is 11.8 Å². The van der Waals surface area contributed by atoms with Crippen molar-refractivity contribution in [3.8, 4) is 0 Å². The van der Waals surface area contributed by atoms with Gasteiger partial charge in [0.05, 0.1) is 0 Å². The molecule has 0 rings (SSSR count). The molecule has 0 saturated heterocycles. The van der Waals surface area contributed by atoms with Crippen LogP contribution < -0.4 is 0 Å². The van der Waals surface area contributed by atoms with E-state index in [0.29, 0.717) is 19.3 Å². The molecule has 68 heavy (non-hydrogen) atoms. The molecule has 0 aromatic heterocycles. The van der Waals surface area contributed by atoms with Gasteiger partial charge in [0.1, 0.15) is 13.2 Å². The van der Waals surface area contributed by atoms with Gasteiger partial charge in [-0.05, 0) is 31.1 Å². The quantitative estimate of drug-likeness (QED) is 0.0343. The molecule has 1 atom stereocenters. The predicted molar refractivity (Wildman–Crippen MR) is 293 cm³/mol. The molecule has 0 N–H and O–H groups in total. The number of esters is 3. The van der Waals surface area contributed by atoms with Crippen molar-refractivity contribution in [3.05, 3.63) is 0 Å². The van der Waals surface area contributed by atoms with Gasteiger partial charge in [0.25, 0.3) is 0 Å². The van der Waals surface area contributed by atoms with Gasteiger partial charge >= 0.3 is 17.9 Å². The molecule has 0 aliphatic carbocycles. The third kappa shape index (κ3) is 55.3. The maximum atomic E-state index is 12.9. The van der Waals surface area contributed by atoms with Gasteiger partial charge in [-0.25, -0.2) is 0 Å². The summed E-state index contributed by atoms with van der Waals surface area (Å²) in [6.07, 6.45) is 59.5. The van der Waals surface area contributed by atoms with Crippen LogP contribution in [0.1, 0.15) is 349 Å². The van der Waals surface area contributed by atoms with Crippen molar-refractivity contribution in [2.24, 2.45) is 11.8 Å². The molecule has 0 aliphatic rings. The second kappa shape index (κ2) is 54.7. The van der Waals surface area contributed by atoms with Crippen LogP contribution in [-0.4, -0.2) is 37.2 Å². The van der Waals surface area contributed by atoms with Crippen LogP contribution in [0.3, 0.4) is 0 Å². The fourth-order valence-corrected chi connectivity index (χ4v) is 9.58. The Morgan fingerprint density at radius 3 is 0.721 bits per heavy atom. The molecule has 0 radical (unpaired) electrons. The van der Waals surface area contributed by atoms with Gasteiger partial charge in [0, 0.05) is 19.3 Å². The lowest BCUT2D eigenvalue weighted by atomic mass is 10.0. The van der Waals surface area contributed by atoms with E-state index in [9.17, 15) is 14.4 Å². The first-order chi connectivity index (χ1) is 33.2. The summed E-state index contributed by atoms with van der Waals surface area (Å²) >= 11 is 0. The molecule has 0 spiro atoms. The van der Waals surface area contributed by atoms with Gasteiger partial charge in [0.15, 0.2) is 6.10 Å². The van der Waals surface area contributed by atoms with Crippen LogP contribution in [0.25, 0.3) is 0 Å². The smallest absolute Gasteiger partial charge is 0.306 e. The monoisotopic (exact) mass is 961 g/mol. The zero-order chi connectivity index (χ0) is 49.6. The van der Waals surface area contributed by atoms with Gasteiger partial charge in [-0.3, -0.25) is 14.4 Å². The Morgan fingerprint density at radius 2 is 0.485 bits per heavy atom. The van der Waals surface area contributed by atoms with Gasteiger partial charge in [-0.2, -0.15) is 0 Å². The average Bonchev–Trinajstić information content (AvgIpc) is 3.31. The molecule has 0 bridgehead atoms. The van der Waals surface area contributed by atoms with Crippen LogP contribution in [0.15, 0.2) is 0 Å². The molecular formula is C62H120O6. The fraction of sp³-hybridized carbons (Fsp3) is 0.952. The number of rotatable bonds is 56. The molecule has 0 fully saturated rings. The minimum absolute atomic E-state index is 0.0621. The zero-order valence-electron chi connectivity index (χ0n) is 46.7. The van der Waals surface area contributed by atoms with E-state index in [2.05, 4.69) is 34.6 Å². The van der Waals surface area contributed by atoms with Crippen LogP contribution in [0.5, 0.6) is 0 Å². The SMILES string of the molecule is CCCCCCCCCCCCCCCCCCCC(=O)OC[C@@H](COC(=O)CCCCCCCCCCCCCCCCC(C)C)OC(=O)CCCCCCCCCCCCCCCC(C)C. The Bertz CT molecular complexity index is 1040. The predicted octanol–water partition coefficient (Wildman–Crippen LogP) is 20.4. The molecular weight excluding hydrogens is 841 g/mol. The molecule has 6 heteroatoms. The molecule has 0 aliphatic heterocycles. The average molecular weight is 962 g/mol. The van der Waals surface area contributed by atoms with Crippen molar-refractivity contribution in [2.75, 3.05) is 13.2 Å². The maximum absolute atomic E-state index is 12.9. The molecule has 0 aromatic carbocycles. The highest BCUT2D eigenvalue weighted by Crippen LogP contribution is 2.19. The fourth-order valence-electron chi connectivity index (χ4n) is 9.58. The lowest BCUT2D eigenvalue weighted by Gasteiger charge is -2.18. The summed E-state index contributed by atoms with van der Waals surface area (Å²) in [6.45, 7) is 11.4. The van der Waals surface area contributed by atoms with Crippen molar-refractivity contribution in [1.29, 1.82) is 0 Å². The third-order valence-corrected chi connectivity index (χ3v) is 14.2. The van der Waals surface area contributed by atoms with Crippen LogP contribution in [0.2, 0.25) is 0 Å². The summed E-state index contributed by atoms with van der Waals surface area (Å²) in [5.74, 6) is 0.849. The van der Waals surface area contributed by atoms with Crippen molar-refractivity contribution in [2.45, 2.75) is 355 Å². The largest absolute Gasteiger partial charge is 0.462 e. The summed E-state index contributed by atoms with van der Waals surface area (Å²) in [4.78, 5) is 38.2. The number of unbranched alkanes of at least 4 members (excludes halogenated alkanes) is 41. The number of carbonyl (C=O) groups excluding carboxylic acids is 3. The third-order valence-electron chi connectivity index (χ3n) is 14.2. The maximum Gasteiger partial charge on any atom is 0.306 e. The Morgan fingerprint density at radius 1 is 0.279 bits per heavy atom. The number of hydrogen-bond donors (Lipinski definition) is 0. The van der Waals surface area contributed by atoms with E-state index in [-0.39, 0.29) is 31.1 Å². The lowest BCUT2D eigenvalue weighted by molar-refractivity contribution is -0.167. The first-order valence-electron chi connectivity index (χ1n) is 30.7. The first-order valence-corrected chi connectivity index (χ1v) is 30.7.